The van der Waals surface area contributed by atoms with Gasteiger partial charge in [-0.3, -0.25) is 0 Å². The molecule has 0 radical (unpaired) electrons. The summed E-state index contributed by atoms with van der Waals surface area (Å²) >= 11 is 0. The van der Waals surface area contributed by atoms with Crippen LogP contribution in [-0.4, -0.2) is 38.3 Å². The van der Waals surface area contributed by atoms with E-state index in [1.54, 1.807) is 7.11 Å². The number of nitrogens with one attached hydrogen (secondary N) is 1. The number of halogens is 2. The standard InChI is InChI=1S/C15H18F2N2O2/c1-20-13-4-2-3-11-5-6-12(19-15(11)13)9-18-7-8-21-10-14(16)17/h2-6,14,18H,7-10H2,1H3. The van der Waals surface area contributed by atoms with Crippen LogP contribution in [0, 0.1) is 0 Å². The van der Waals surface area contributed by atoms with E-state index in [1.165, 1.54) is 0 Å². The highest BCUT2D eigenvalue weighted by Gasteiger charge is 2.04. The van der Waals surface area contributed by atoms with Crippen molar-refractivity contribution in [3.8, 4) is 5.75 Å². The normalized spacial score (nSPS) is 11.2. The van der Waals surface area contributed by atoms with Crippen molar-refractivity contribution < 1.29 is 18.3 Å². The molecule has 6 heteroatoms. The number of fused-ring (bicyclic) bond motifs is 1. The van der Waals surface area contributed by atoms with Crippen molar-refractivity contribution in [2.75, 3.05) is 26.9 Å². The number of para-hydroxylation sites is 1. The first-order valence-corrected chi connectivity index (χ1v) is 6.70. The van der Waals surface area contributed by atoms with Crippen molar-refractivity contribution in [1.82, 2.24) is 10.3 Å². The van der Waals surface area contributed by atoms with Gasteiger partial charge in [0, 0.05) is 18.5 Å². The van der Waals surface area contributed by atoms with Gasteiger partial charge < -0.3 is 14.8 Å². The molecule has 0 spiro atoms. The van der Waals surface area contributed by atoms with Crippen LogP contribution >= 0.6 is 0 Å². The molecule has 0 aliphatic rings. The molecule has 2 rings (SSSR count). The van der Waals surface area contributed by atoms with E-state index >= 15 is 0 Å². The number of hydrogen-bond acceptors (Lipinski definition) is 4. The van der Waals surface area contributed by atoms with Crippen LogP contribution in [-0.2, 0) is 11.3 Å². The summed E-state index contributed by atoms with van der Waals surface area (Å²) in [4.78, 5) is 4.54. The highest BCUT2D eigenvalue weighted by molar-refractivity contribution is 5.84. The number of ether oxygens (including phenoxy) is 2. The maximum Gasteiger partial charge on any atom is 0.261 e. The van der Waals surface area contributed by atoms with Crippen LogP contribution < -0.4 is 10.1 Å². The van der Waals surface area contributed by atoms with E-state index in [0.717, 1.165) is 22.3 Å². The second-order valence-electron chi connectivity index (χ2n) is 4.48. The van der Waals surface area contributed by atoms with E-state index in [9.17, 15) is 8.78 Å². The van der Waals surface area contributed by atoms with Gasteiger partial charge in [-0.05, 0) is 12.1 Å². The summed E-state index contributed by atoms with van der Waals surface area (Å²) in [5.74, 6) is 0.731. The number of alkyl halides is 2. The highest BCUT2D eigenvalue weighted by atomic mass is 19.3. The minimum absolute atomic E-state index is 0.251. The maximum absolute atomic E-state index is 11.9. The Morgan fingerprint density at radius 3 is 2.86 bits per heavy atom. The molecule has 0 amide bonds. The molecule has 21 heavy (non-hydrogen) atoms. The first-order valence-electron chi connectivity index (χ1n) is 6.70. The number of methoxy groups -OCH3 is 1. The summed E-state index contributed by atoms with van der Waals surface area (Å²) in [6, 6.07) is 9.66. The van der Waals surface area contributed by atoms with Crippen molar-refractivity contribution in [1.29, 1.82) is 0 Å². The number of aromatic nitrogens is 1. The first kappa shape index (κ1) is 15.6. The van der Waals surface area contributed by atoms with Gasteiger partial charge in [0.2, 0.25) is 0 Å². The fourth-order valence-electron chi connectivity index (χ4n) is 1.96. The van der Waals surface area contributed by atoms with Gasteiger partial charge in [-0.15, -0.1) is 0 Å². The Balaban J connectivity index is 1.88. The lowest BCUT2D eigenvalue weighted by Crippen LogP contribution is -2.21. The Bertz CT molecular complexity index is 579. The molecule has 114 valence electrons. The summed E-state index contributed by atoms with van der Waals surface area (Å²) in [6.45, 7) is 0.777. The highest BCUT2D eigenvalue weighted by Crippen LogP contribution is 2.23. The molecule has 4 nitrogen and oxygen atoms in total. The lowest BCUT2D eigenvalue weighted by atomic mass is 10.2. The molecule has 2 aromatic rings. The second-order valence-corrected chi connectivity index (χ2v) is 4.48. The van der Waals surface area contributed by atoms with Crippen LogP contribution in [0.5, 0.6) is 5.75 Å². The number of nitrogens with zero attached hydrogens (tertiary/aromatic N) is 1. The fourth-order valence-corrected chi connectivity index (χ4v) is 1.96. The third-order valence-corrected chi connectivity index (χ3v) is 2.93. The van der Waals surface area contributed by atoms with E-state index in [1.807, 2.05) is 30.3 Å². The van der Waals surface area contributed by atoms with E-state index in [-0.39, 0.29) is 6.61 Å². The predicted octanol–water partition coefficient (Wildman–Crippen LogP) is 2.61. The maximum atomic E-state index is 11.9. The topological polar surface area (TPSA) is 43.4 Å². The molecule has 1 heterocycles. The van der Waals surface area contributed by atoms with Crippen LogP contribution in [0.15, 0.2) is 30.3 Å². The van der Waals surface area contributed by atoms with Crippen LogP contribution in [0.3, 0.4) is 0 Å². The zero-order valence-electron chi connectivity index (χ0n) is 11.8. The molecule has 0 aliphatic heterocycles. The summed E-state index contributed by atoms with van der Waals surface area (Å²) in [5, 5.41) is 4.12. The van der Waals surface area contributed by atoms with Gasteiger partial charge in [0.15, 0.2) is 0 Å². The molecule has 0 saturated heterocycles. The van der Waals surface area contributed by atoms with E-state index in [0.29, 0.717) is 13.1 Å². The predicted molar refractivity (Wildman–Crippen MR) is 76.8 cm³/mol. The van der Waals surface area contributed by atoms with E-state index < -0.39 is 13.0 Å². The largest absolute Gasteiger partial charge is 0.494 e. The molecule has 1 aromatic heterocycles. The van der Waals surface area contributed by atoms with Crippen molar-refractivity contribution in [3.05, 3.63) is 36.0 Å². The lowest BCUT2D eigenvalue weighted by Gasteiger charge is -2.08. The van der Waals surface area contributed by atoms with Crippen molar-refractivity contribution >= 4 is 10.9 Å². The Kier molecular flexibility index (Phi) is 5.83. The van der Waals surface area contributed by atoms with Gasteiger partial charge in [0.1, 0.15) is 17.9 Å². The number of pyridine rings is 1. The Hall–Kier alpha value is -1.79. The van der Waals surface area contributed by atoms with Gasteiger partial charge in [-0.2, -0.15) is 0 Å². The molecule has 0 saturated carbocycles. The van der Waals surface area contributed by atoms with Gasteiger partial charge in [0.25, 0.3) is 6.43 Å². The molecular formula is C15H18F2N2O2. The van der Waals surface area contributed by atoms with Gasteiger partial charge in [-0.1, -0.05) is 18.2 Å². The Labute approximate surface area is 122 Å². The lowest BCUT2D eigenvalue weighted by molar-refractivity contribution is 0.0187. The monoisotopic (exact) mass is 296 g/mol. The van der Waals surface area contributed by atoms with Crippen LogP contribution in [0.4, 0.5) is 8.78 Å². The minimum Gasteiger partial charge on any atom is -0.494 e. The number of rotatable bonds is 8. The zero-order valence-corrected chi connectivity index (χ0v) is 11.8. The summed E-state index contributed by atoms with van der Waals surface area (Å²) in [7, 11) is 1.61. The van der Waals surface area contributed by atoms with E-state index in [4.69, 9.17) is 9.47 Å². The van der Waals surface area contributed by atoms with Crippen molar-refractivity contribution in [3.63, 3.8) is 0 Å². The fraction of sp³-hybridized carbons (Fsp3) is 0.400. The van der Waals surface area contributed by atoms with Crippen LogP contribution in [0.2, 0.25) is 0 Å². The smallest absolute Gasteiger partial charge is 0.261 e. The average Bonchev–Trinajstić information content (AvgIpc) is 2.49. The molecule has 0 fully saturated rings. The van der Waals surface area contributed by atoms with Crippen LogP contribution in [0.25, 0.3) is 10.9 Å². The van der Waals surface area contributed by atoms with Crippen molar-refractivity contribution in [2.45, 2.75) is 13.0 Å². The molecular weight excluding hydrogens is 278 g/mol. The average molecular weight is 296 g/mol. The number of hydrogen-bond donors (Lipinski definition) is 1. The SMILES string of the molecule is COc1cccc2ccc(CNCCOCC(F)F)nc12. The third kappa shape index (κ3) is 4.61. The summed E-state index contributed by atoms with van der Waals surface area (Å²) in [6.07, 6.45) is -2.42. The van der Waals surface area contributed by atoms with Gasteiger partial charge in [-0.25, -0.2) is 13.8 Å². The van der Waals surface area contributed by atoms with E-state index in [2.05, 4.69) is 10.3 Å². The molecule has 0 atom stereocenters. The molecule has 0 aliphatic carbocycles. The Morgan fingerprint density at radius 2 is 2.10 bits per heavy atom. The number of benzene rings is 1. The summed E-state index contributed by atoms with van der Waals surface area (Å²) in [5.41, 5.74) is 1.68. The quantitative estimate of drug-likeness (QED) is 0.761. The minimum atomic E-state index is -2.42. The van der Waals surface area contributed by atoms with Crippen molar-refractivity contribution in [2.24, 2.45) is 0 Å². The summed E-state index contributed by atoms with van der Waals surface area (Å²) < 4.78 is 33.8. The van der Waals surface area contributed by atoms with Gasteiger partial charge in [0.05, 0.1) is 19.4 Å². The molecule has 1 aromatic carbocycles. The first-order chi connectivity index (χ1) is 10.2. The molecule has 0 bridgehead atoms. The molecule has 0 unspecified atom stereocenters. The van der Waals surface area contributed by atoms with Crippen LogP contribution in [0.1, 0.15) is 5.69 Å². The van der Waals surface area contributed by atoms with Gasteiger partial charge >= 0.3 is 0 Å². The second kappa shape index (κ2) is 7.85. The zero-order chi connectivity index (χ0) is 15.1. The Morgan fingerprint density at radius 1 is 1.24 bits per heavy atom. The molecule has 1 N–H and O–H groups in total. The third-order valence-electron chi connectivity index (χ3n) is 2.93.